The van der Waals surface area contributed by atoms with Crippen LogP contribution < -0.4 is 5.32 Å². The van der Waals surface area contributed by atoms with Gasteiger partial charge in [0, 0.05) is 19.3 Å². The van der Waals surface area contributed by atoms with Crippen molar-refractivity contribution < 1.29 is 13.2 Å². The molecule has 0 aliphatic carbocycles. The summed E-state index contributed by atoms with van der Waals surface area (Å²) in [5, 5.41) is 2.86. The summed E-state index contributed by atoms with van der Waals surface area (Å²) in [6.07, 6.45) is 3.04. The van der Waals surface area contributed by atoms with E-state index in [1.54, 1.807) is 36.5 Å². The zero-order valence-corrected chi connectivity index (χ0v) is 14.7. The fourth-order valence-electron chi connectivity index (χ4n) is 2.94. The van der Waals surface area contributed by atoms with E-state index in [9.17, 15) is 13.2 Å². The molecule has 1 aromatic heterocycles. The molecule has 0 saturated carbocycles. The fourth-order valence-corrected chi connectivity index (χ4v) is 4.49. The Balaban J connectivity index is 1.64. The van der Waals surface area contributed by atoms with Crippen LogP contribution in [0, 0.1) is 5.92 Å². The second-order valence-electron chi connectivity index (χ2n) is 6.05. The largest absolute Gasteiger partial charge is 0.350 e. The van der Waals surface area contributed by atoms with E-state index >= 15 is 0 Å². The zero-order chi connectivity index (χ0) is 17.7. The van der Waals surface area contributed by atoms with Crippen molar-refractivity contribution >= 4 is 15.9 Å². The lowest BCUT2D eigenvalue weighted by Gasteiger charge is -2.31. The molecule has 2 aromatic rings. The SMILES string of the molecule is O=C(NCc1ccccn1)[C@@H]1CCCN(S(=O)(=O)c2ccccc2)C1. The molecular formula is C18H21N3O3S. The van der Waals surface area contributed by atoms with E-state index in [1.807, 2.05) is 18.2 Å². The Bertz CT molecular complexity index is 810. The molecule has 0 spiro atoms. The van der Waals surface area contributed by atoms with Crippen molar-refractivity contribution in [2.24, 2.45) is 5.92 Å². The van der Waals surface area contributed by atoms with Crippen molar-refractivity contribution in [3.63, 3.8) is 0 Å². The van der Waals surface area contributed by atoms with Crippen LogP contribution in [-0.4, -0.2) is 36.7 Å². The van der Waals surface area contributed by atoms with Crippen molar-refractivity contribution in [2.75, 3.05) is 13.1 Å². The topological polar surface area (TPSA) is 79.4 Å². The number of aromatic nitrogens is 1. The Morgan fingerprint density at radius 1 is 1.16 bits per heavy atom. The minimum Gasteiger partial charge on any atom is -0.350 e. The maximum atomic E-state index is 12.7. The lowest BCUT2D eigenvalue weighted by Crippen LogP contribution is -2.45. The lowest BCUT2D eigenvalue weighted by atomic mass is 9.99. The molecule has 0 bridgehead atoms. The summed E-state index contributed by atoms with van der Waals surface area (Å²) in [5.74, 6) is -0.463. The molecule has 1 N–H and O–H groups in total. The van der Waals surface area contributed by atoms with Crippen LogP contribution in [0.15, 0.2) is 59.6 Å². The number of amides is 1. The minimum absolute atomic E-state index is 0.126. The van der Waals surface area contributed by atoms with Crippen molar-refractivity contribution in [1.82, 2.24) is 14.6 Å². The first-order valence-corrected chi connectivity index (χ1v) is 9.74. The van der Waals surface area contributed by atoms with Crippen molar-refractivity contribution in [3.8, 4) is 0 Å². The summed E-state index contributed by atoms with van der Waals surface area (Å²) in [7, 11) is -3.55. The van der Waals surface area contributed by atoms with Gasteiger partial charge in [-0.3, -0.25) is 9.78 Å². The summed E-state index contributed by atoms with van der Waals surface area (Å²) >= 11 is 0. The Hall–Kier alpha value is -2.25. The molecule has 1 aromatic carbocycles. The van der Waals surface area contributed by atoms with Gasteiger partial charge in [-0.15, -0.1) is 0 Å². The summed E-state index contributed by atoms with van der Waals surface area (Å²) in [5.41, 5.74) is 0.778. The van der Waals surface area contributed by atoms with Crippen LogP contribution in [0.2, 0.25) is 0 Å². The third kappa shape index (κ3) is 4.24. The lowest BCUT2D eigenvalue weighted by molar-refractivity contribution is -0.126. The highest BCUT2D eigenvalue weighted by atomic mass is 32.2. The van der Waals surface area contributed by atoms with Crippen LogP contribution in [0.3, 0.4) is 0 Å². The molecule has 25 heavy (non-hydrogen) atoms. The molecule has 1 fully saturated rings. The molecule has 0 unspecified atom stereocenters. The molecule has 1 aliphatic rings. The number of pyridine rings is 1. The van der Waals surface area contributed by atoms with E-state index in [1.165, 1.54) is 4.31 Å². The molecule has 0 radical (unpaired) electrons. The van der Waals surface area contributed by atoms with Gasteiger partial charge in [-0.05, 0) is 37.1 Å². The molecule has 6 nitrogen and oxygen atoms in total. The van der Waals surface area contributed by atoms with Gasteiger partial charge in [0.2, 0.25) is 15.9 Å². The molecule has 3 rings (SSSR count). The van der Waals surface area contributed by atoms with E-state index in [2.05, 4.69) is 10.3 Å². The van der Waals surface area contributed by atoms with E-state index < -0.39 is 10.0 Å². The van der Waals surface area contributed by atoms with Gasteiger partial charge in [-0.2, -0.15) is 4.31 Å². The highest BCUT2D eigenvalue weighted by Gasteiger charge is 2.33. The van der Waals surface area contributed by atoms with E-state index in [4.69, 9.17) is 0 Å². The minimum atomic E-state index is -3.55. The number of sulfonamides is 1. The smallest absolute Gasteiger partial charge is 0.243 e. The number of nitrogens with one attached hydrogen (secondary N) is 1. The van der Waals surface area contributed by atoms with Crippen molar-refractivity contribution in [2.45, 2.75) is 24.3 Å². The highest BCUT2D eigenvalue weighted by Crippen LogP contribution is 2.23. The number of hydrogen-bond donors (Lipinski definition) is 1. The third-order valence-corrected chi connectivity index (χ3v) is 6.19. The first-order valence-electron chi connectivity index (χ1n) is 8.30. The molecule has 1 aliphatic heterocycles. The second kappa shape index (κ2) is 7.76. The summed E-state index contributed by atoms with van der Waals surface area (Å²) < 4.78 is 26.9. The summed E-state index contributed by atoms with van der Waals surface area (Å²) in [6.45, 7) is 1.01. The second-order valence-corrected chi connectivity index (χ2v) is 7.99. The van der Waals surface area contributed by atoms with Gasteiger partial charge in [0.05, 0.1) is 23.1 Å². The molecule has 2 heterocycles. The Labute approximate surface area is 147 Å². The number of carbonyl (C=O) groups excluding carboxylic acids is 1. The maximum absolute atomic E-state index is 12.7. The van der Waals surface area contributed by atoms with Gasteiger partial charge in [-0.25, -0.2) is 8.42 Å². The van der Waals surface area contributed by atoms with Crippen molar-refractivity contribution in [1.29, 1.82) is 0 Å². The Kier molecular flexibility index (Phi) is 5.45. The number of hydrogen-bond acceptors (Lipinski definition) is 4. The Morgan fingerprint density at radius 2 is 1.92 bits per heavy atom. The number of nitrogens with zero attached hydrogens (tertiary/aromatic N) is 2. The van der Waals surface area contributed by atoms with E-state index in [-0.39, 0.29) is 23.3 Å². The van der Waals surface area contributed by atoms with Crippen LogP contribution in [0.1, 0.15) is 18.5 Å². The summed E-state index contributed by atoms with van der Waals surface area (Å²) in [4.78, 5) is 16.9. The fraction of sp³-hybridized carbons (Fsp3) is 0.333. The van der Waals surface area contributed by atoms with Gasteiger partial charge >= 0.3 is 0 Å². The van der Waals surface area contributed by atoms with Gasteiger partial charge < -0.3 is 5.32 Å². The summed E-state index contributed by atoms with van der Waals surface area (Å²) in [6, 6.07) is 13.9. The molecule has 132 valence electrons. The van der Waals surface area contributed by atoms with Gasteiger partial charge in [-0.1, -0.05) is 24.3 Å². The molecule has 1 saturated heterocycles. The zero-order valence-electron chi connectivity index (χ0n) is 13.8. The van der Waals surface area contributed by atoms with Crippen LogP contribution in [0.4, 0.5) is 0 Å². The van der Waals surface area contributed by atoms with Gasteiger partial charge in [0.15, 0.2) is 0 Å². The van der Waals surface area contributed by atoms with Crippen LogP contribution in [0.25, 0.3) is 0 Å². The molecule has 1 atom stereocenters. The average molecular weight is 359 g/mol. The number of rotatable bonds is 5. The van der Waals surface area contributed by atoms with Gasteiger partial charge in [0.1, 0.15) is 0 Å². The predicted octanol–water partition coefficient (Wildman–Crippen LogP) is 1.80. The predicted molar refractivity (Wildman–Crippen MR) is 94.0 cm³/mol. The molecular weight excluding hydrogens is 338 g/mol. The first kappa shape index (κ1) is 17.6. The normalized spacial score (nSPS) is 18.6. The van der Waals surface area contributed by atoms with Crippen LogP contribution in [-0.2, 0) is 21.4 Å². The Morgan fingerprint density at radius 3 is 2.64 bits per heavy atom. The first-order chi connectivity index (χ1) is 12.1. The number of piperidine rings is 1. The van der Waals surface area contributed by atoms with E-state index in [0.29, 0.717) is 25.9 Å². The van der Waals surface area contributed by atoms with Gasteiger partial charge in [0.25, 0.3) is 0 Å². The number of carbonyl (C=O) groups is 1. The van der Waals surface area contributed by atoms with Crippen LogP contribution >= 0.6 is 0 Å². The van der Waals surface area contributed by atoms with Crippen LogP contribution in [0.5, 0.6) is 0 Å². The highest BCUT2D eigenvalue weighted by molar-refractivity contribution is 7.89. The third-order valence-electron chi connectivity index (χ3n) is 4.31. The monoisotopic (exact) mass is 359 g/mol. The molecule has 1 amide bonds. The quantitative estimate of drug-likeness (QED) is 0.883. The van der Waals surface area contributed by atoms with Crippen molar-refractivity contribution in [3.05, 3.63) is 60.4 Å². The number of benzene rings is 1. The molecule has 7 heteroatoms. The van der Waals surface area contributed by atoms with E-state index in [0.717, 1.165) is 5.69 Å². The maximum Gasteiger partial charge on any atom is 0.243 e. The standard InChI is InChI=1S/C18H21N3O3S/c22-18(20-13-16-8-4-5-11-19-16)15-7-6-12-21(14-15)25(23,24)17-9-2-1-3-10-17/h1-5,8-11,15H,6-7,12-14H2,(H,20,22)/t15-/m1/s1. The average Bonchev–Trinajstić information content (AvgIpc) is 2.67.